The number of benzene rings is 2. The molecule has 2 aromatic carbocycles. The highest BCUT2D eigenvalue weighted by atomic mass is 35.5. The molecule has 0 fully saturated rings. The van der Waals surface area contributed by atoms with Gasteiger partial charge >= 0.3 is 0 Å². The van der Waals surface area contributed by atoms with Crippen LogP contribution in [0.1, 0.15) is 28.4 Å². The summed E-state index contributed by atoms with van der Waals surface area (Å²) in [6.45, 7) is 0.390. The molecule has 0 heterocycles. The maximum absolute atomic E-state index is 12.9. The van der Waals surface area contributed by atoms with Crippen LogP contribution in [0.4, 0.5) is 0 Å². The fourth-order valence-corrected chi connectivity index (χ4v) is 2.66. The Morgan fingerprint density at radius 2 is 1.78 bits per heavy atom. The summed E-state index contributed by atoms with van der Waals surface area (Å²) in [5, 5.41) is 9.98. The van der Waals surface area contributed by atoms with E-state index in [1.807, 2.05) is 30.3 Å². The smallest absolute Gasteiger partial charge is 0.256 e. The van der Waals surface area contributed by atoms with Crippen molar-refractivity contribution < 1.29 is 4.79 Å². The van der Waals surface area contributed by atoms with Crippen molar-refractivity contribution in [1.82, 2.24) is 4.90 Å². The van der Waals surface area contributed by atoms with E-state index >= 15 is 0 Å². The molecular weight excluding hydrogens is 331 g/mol. The second-order valence-corrected chi connectivity index (χ2v) is 5.75. The van der Waals surface area contributed by atoms with Crippen molar-refractivity contribution in [3.05, 3.63) is 70.7 Å². The molecule has 0 saturated carbocycles. The van der Waals surface area contributed by atoms with Crippen molar-refractivity contribution in [3.8, 4) is 6.07 Å². The van der Waals surface area contributed by atoms with Crippen LogP contribution >= 0.6 is 23.2 Å². The Labute approximate surface area is 146 Å². The fraction of sp³-hybridized carbons (Fsp3) is 0.222. The molecule has 0 bridgehead atoms. The molecule has 0 aliphatic rings. The van der Waals surface area contributed by atoms with Gasteiger partial charge in [0.15, 0.2) is 0 Å². The van der Waals surface area contributed by atoms with Crippen LogP contribution in [-0.2, 0) is 0 Å². The Morgan fingerprint density at radius 3 is 2.39 bits per heavy atom. The number of hydrogen-bond acceptors (Lipinski definition) is 2. The normalized spacial score (nSPS) is 11.5. The third-order valence-corrected chi connectivity index (χ3v) is 4.04. The molecule has 0 radical (unpaired) electrons. The van der Waals surface area contributed by atoms with Crippen LogP contribution < -0.4 is 0 Å². The molecule has 5 heteroatoms. The Kier molecular flexibility index (Phi) is 6.46. The summed E-state index contributed by atoms with van der Waals surface area (Å²) in [6.07, 6.45) is 0.600. The van der Waals surface area contributed by atoms with Crippen molar-refractivity contribution in [2.45, 2.75) is 12.5 Å². The quantitative estimate of drug-likeness (QED) is 0.713. The van der Waals surface area contributed by atoms with E-state index in [2.05, 4.69) is 6.07 Å². The summed E-state index contributed by atoms with van der Waals surface area (Å²) >= 11 is 11.9. The predicted octanol–water partition coefficient (Wildman–Crippen LogP) is 4.68. The Morgan fingerprint density at radius 1 is 1.13 bits per heavy atom. The third kappa shape index (κ3) is 4.25. The number of amides is 1. The lowest BCUT2D eigenvalue weighted by atomic mass is 10.0. The fourth-order valence-electron chi connectivity index (χ4n) is 2.33. The predicted molar refractivity (Wildman–Crippen MR) is 92.6 cm³/mol. The monoisotopic (exact) mass is 346 g/mol. The average Bonchev–Trinajstić information content (AvgIpc) is 2.59. The number of alkyl halides is 1. The zero-order valence-electron chi connectivity index (χ0n) is 12.5. The first-order valence-electron chi connectivity index (χ1n) is 7.25. The number of halogens is 2. The second kappa shape index (κ2) is 8.57. The first-order valence-corrected chi connectivity index (χ1v) is 8.16. The van der Waals surface area contributed by atoms with E-state index < -0.39 is 6.04 Å². The van der Waals surface area contributed by atoms with Gasteiger partial charge in [-0.1, -0.05) is 54.1 Å². The number of carbonyl (C=O) groups is 1. The van der Waals surface area contributed by atoms with E-state index in [4.69, 9.17) is 23.2 Å². The highest BCUT2D eigenvalue weighted by molar-refractivity contribution is 6.33. The first kappa shape index (κ1) is 17.3. The van der Waals surface area contributed by atoms with Gasteiger partial charge in [0, 0.05) is 12.4 Å². The lowest BCUT2D eigenvalue weighted by Gasteiger charge is -2.28. The molecule has 0 aliphatic carbocycles. The summed E-state index contributed by atoms with van der Waals surface area (Å²) in [6, 6.07) is 17.6. The van der Waals surface area contributed by atoms with E-state index in [0.717, 1.165) is 5.56 Å². The topological polar surface area (TPSA) is 44.1 Å². The molecule has 1 amide bonds. The number of hydrogen-bond donors (Lipinski definition) is 0. The van der Waals surface area contributed by atoms with Crippen LogP contribution in [0.2, 0.25) is 5.02 Å². The lowest BCUT2D eigenvalue weighted by Crippen LogP contribution is -2.35. The van der Waals surface area contributed by atoms with Gasteiger partial charge < -0.3 is 4.90 Å². The number of nitrogens with zero attached hydrogens (tertiary/aromatic N) is 2. The van der Waals surface area contributed by atoms with E-state index in [0.29, 0.717) is 29.4 Å². The average molecular weight is 347 g/mol. The standard InChI is InChI=1S/C18H16Cl2N2O/c19-11-6-12-22(17(13-21)14-7-2-1-3-8-14)18(23)15-9-4-5-10-16(15)20/h1-5,7-10,17H,6,11-12H2/t17-/m0/s1. The van der Waals surface area contributed by atoms with E-state index in [1.54, 1.807) is 24.3 Å². The summed E-state index contributed by atoms with van der Waals surface area (Å²) < 4.78 is 0. The first-order chi connectivity index (χ1) is 11.2. The van der Waals surface area contributed by atoms with Gasteiger partial charge in [-0.3, -0.25) is 4.79 Å². The Bertz CT molecular complexity index is 698. The molecule has 2 rings (SSSR count). The number of carbonyl (C=O) groups excluding carboxylic acids is 1. The molecule has 0 aromatic heterocycles. The third-order valence-electron chi connectivity index (χ3n) is 3.45. The van der Waals surface area contributed by atoms with Crippen molar-refractivity contribution in [1.29, 1.82) is 5.26 Å². The van der Waals surface area contributed by atoms with Gasteiger partial charge in [0.25, 0.3) is 5.91 Å². The molecule has 2 aromatic rings. The Hall–Kier alpha value is -2.02. The van der Waals surface area contributed by atoms with Crippen LogP contribution in [0.5, 0.6) is 0 Å². The summed E-state index contributed by atoms with van der Waals surface area (Å²) in [7, 11) is 0. The maximum Gasteiger partial charge on any atom is 0.256 e. The zero-order valence-corrected chi connectivity index (χ0v) is 14.0. The number of nitriles is 1. The van der Waals surface area contributed by atoms with Crippen LogP contribution in [0.3, 0.4) is 0 Å². The molecule has 0 unspecified atom stereocenters. The summed E-state index contributed by atoms with van der Waals surface area (Å²) in [5.74, 6) is 0.148. The highest BCUT2D eigenvalue weighted by Crippen LogP contribution is 2.25. The Balaban J connectivity index is 2.38. The number of rotatable bonds is 6. The van der Waals surface area contributed by atoms with Gasteiger partial charge in [0.2, 0.25) is 0 Å². The maximum atomic E-state index is 12.9. The van der Waals surface area contributed by atoms with E-state index in [9.17, 15) is 10.1 Å². The van der Waals surface area contributed by atoms with Gasteiger partial charge in [-0.15, -0.1) is 11.6 Å². The van der Waals surface area contributed by atoms with Gasteiger partial charge in [-0.2, -0.15) is 5.26 Å². The minimum absolute atomic E-state index is 0.267. The lowest BCUT2D eigenvalue weighted by molar-refractivity contribution is 0.0717. The molecule has 23 heavy (non-hydrogen) atoms. The van der Waals surface area contributed by atoms with Crippen molar-refractivity contribution in [2.75, 3.05) is 12.4 Å². The van der Waals surface area contributed by atoms with Gasteiger partial charge in [0.1, 0.15) is 6.04 Å². The summed E-state index contributed by atoms with van der Waals surface area (Å²) in [5.41, 5.74) is 1.16. The van der Waals surface area contributed by atoms with Crippen LogP contribution in [-0.4, -0.2) is 23.2 Å². The highest BCUT2D eigenvalue weighted by Gasteiger charge is 2.26. The van der Waals surface area contributed by atoms with Gasteiger partial charge in [0.05, 0.1) is 16.7 Å². The van der Waals surface area contributed by atoms with Gasteiger partial charge in [-0.05, 0) is 24.1 Å². The SMILES string of the molecule is N#C[C@@H](c1ccccc1)N(CCCCl)C(=O)c1ccccc1Cl. The minimum Gasteiger partial charge on any atom is -0.318 e. The second-order valence-electron chi connectivity index (χ2n) is 4.96. The zero-order chi connectivity index (χ0) is 16.7. The molecule has 0 saturated heterocycles. The van der Waals surface area contributed by atoms with Gasteiger partial charge in [-0.25, -0.2) is 0 Å². The molecule has 0 aliphatic heterocycles. The minimum atomic E-state index is -0.678. The van der Waals surface area contributed by atoms with Crippen LogP contribution in [0, 0.1) is 11.3 Å². The molecule has 3 nitrogen and oxygen atoms in total. The molecular formula is C18H16Cl2N2O. The van der Waals surface area contributed by atoms with Crippen molar-refractivity contribution >= 4 is 29.1 Å². The molecule has 1 atom stereocenters. The van der Waals surface area contributed by atoms with Crippen LogP contribution in [0.25, 0.3) is 0 Å². The van der Waals surface area contributed by atoms with Crippen LogP contribution in [0.15, 0.2) is 54.6 Å². The van der Waals surface area contributed by atoms with E-state index in [-0.39, 0.29) is 5.91 Å². The molecule has 0 spiro atoms. The largest absolute Gasteiger partial charge is 0.318 e. The van der Waals surface area contributed by atoms with Crippen molar-refractivity contribution in [2.24, 2.45) is 0 Å². The molecule has 118 valence electrons. The van der Waals surface area contributed by atoms with Crippen molar-refractivity contribution in [3.63, 3.8) is 0 Å². The summed E-state index contributed by atoms with van der Waals surface area (Å²) in [4.78, 5) is 14.4. The molecule has 0 N–H and O–H groups in total. The van der Waals surface area contributed by atoms with E-state index in [1.165, 1.54) is 4.90 Å².